The van der Waals surface area contributed by atoms with E-state index >= 15 is 0 Å². The zero-order valence-corrected chi connectivity index (χ0v) is 12.7. The van der Waals surface area contributed by atoms with Gasteiger partial charge in [-0.25, -0.2) is 0 Å². The van der Waals surface area contributed by atoms with Crippen LogP contribution in [-0.2, 0) is 4.79 Å². The lowest BCUT2D eigenvalue weighted by Crippen LogP contribution is -2.40. The molecule has 1 amide bonds. The lowest BCUT2D eigenvalue weighted by Gasteiger charge is -2.30. The van der Waals surface area contributed by atoms with Crippen molar-refractivity contribution in [2.45, 2.75) is 63.7 Å². The molecule has 0 aromatic carbocycles. The molecule has 17 heavy (non-hydrogen) atoms. The zero-order chi connectivity index (χ0) is 13.5. The molecular formula is C13H28N2OS. The van der Waals surface area contributed by atoms with Crippen molar-refractivity contribution in [3.05, 3.63) is 0 Å². The van der Waals surface area contributed by atoms with E-state index in [2.05, 4.69) is 25.4 Å². The first kappa shape index (κ1) is 16.8. The van der Waals surface area contributed by atoms with Gasteiger partial charge in [-0.05, 0) is 39.4 Å². The second kappa shape index (κ2) is 7.27. The van der Waals surface area contributed by atoms with Crippen molar-refractivity contribution in [1.82, 2.24) is 5.32 Å². The van der Waals surface area contributed by atoms with Crippen LogP contribution >= 0.6 is 11.8 Å². The van der Waals surface area contributed by atoms with E-state index < -0.39 is 0 Å². The summed E-state index contributed by atoms with van der Waals surface area (Å²) in [6.45, 7) is 9.00. The van der Waals surface area contributed by atoms with Crippen LogP contribution in [0.2, 0.25) is 0 Å². The van der Waals surface area contributed by atoms with E-state index in [-0.39, 0.29) is 16.2 Å². The Hall–Kier alpha value is -0.220. The first-order valence-electron chi connectivity index (χ1n) is 6.39. The fourth-order valence-corrected chi connectivity index (χ4v) is 2.44. The lowest BCUT2D eigenvalue weighted by atomic mass is 9.99. The number of thioether (sulfide) groups is 1. The average molecular weight is 260 g/mol. The molecule has 102 valence electrons. The third kappa shape index (κ3) is 6.94. The zero-order valence-electron chi connectivity index (χ0n) is 11.9. The topological polar surface area (TPSA) is 55.1 Å². The monoisotopic (exact) mass is 260 g/mol. The molecule has 0 atom stereocenters. The molecule has 0 heterocycles. The third-order valence-electron chi connectivity index (χ3n) is 3.33. The van der Waals surface area contributed by atoms with Gasteiger partial charge in [0.25, 0.3) is 0 Å². The highest BCUT2D eigenvalue weighted by Crippen LogP contribution is 2.29. The van der Waals surface area contributed by atoms with Gasteiger partial charge in [-0.2, -0.15) is 11.8 Å². The van der Waals surface area contributed by atoms with Crippen LogP contribution in [0.4, 0.5) is 0 Å². The summed E-state index contributed by atoms with van der Waals surface area (Å²) in [4.78, 5) is 11.7. The predicted molar refractivity (Wildman–Crippen MR) is 77.3 cm³/mol. The maximum absolute atomic E-state index is 11.7. The second-order valence-electron chi connectivity index (χ2n) is 5.36. The molecule has 0 aliphatic carbocycles. The van der Waals surface area contributed by atoms with Crippen molar-refractivity contribution in [1.29, 1.82) is 0 Å². The number of nitrogens with one attached hydrogen (secondary N) is 1. The summed E-state index contributed by atoms with van der Waals surface area (Å²) in [6.07, 6.45) is 5.51. The van der Waals surface area contributed by atoms with Gasteiger partial charge < -0.3 is 11.1 Å². The largest absolute Gasteiger partial charge is 0.355 e. The number of rotatable bonds is 8. The minimum Gasteiger partial charge on any atom is -0.355 e. The summed E-state index contributed by atoms with van der Waals surface area (Å²) >= 11 is 1.84. The molecule has 0 aromatic rings. The first-order valence-corrected chi connectivity index (χ1v) is 7.62. The van der Waals surface area contributed by atoms with Crippen molar-refractivity contribution < 1.29 is 4.79 Å². The van der Waals surface area contributed by atoms with E-state index in [0.29, 0.717) is 6.42 Å². The van der Waals surface area contributed by atoms with Crippen LogP contribution < -0.4 is 11.1 Å². The van der Waals surface area contributed by atoms with Crippen LogP contribution in [-0.4, -0.2) is 29.0 Å². The van der Waals surface area contributed by atoms with Crippen LogP contribution in [0, 0.1) is 0 Å². The van der Waals surface area contributed by atoms with Gasteiger partial charge in [0.15, 0.2) is 0 Å². The van der Waals surface area contributed by atoms with E-state index in [1.165, 1.54) is 0 Å². The third-order valence-corrected chi connectivity index (χ3v) is 4.91. The quantitative estimate of drug-likeness (QED) is 0.705. The molecule has 0 rings (SSSR count). The van der Waals surface area contributed by atoms with Crippen molar-refractivity contribution in [2.24, 2.45) is 5.73 Å². The Labute approximate surface area is 110 Å². The molecule has 0 unspecified atom stereocenters. The minimum absolute atomic E-state index is 0.115. The Bertz CT molecular complexity index is 224. The summed E-state index contributed by atoms with van der Waals surface area (Å²) in [7, 11) is 0. The van der Waals surface area contributed by atoms with Crippen molar-refractivity contribution in [3.63, 3.8) is 0 Å². The molecule has 0 aliphatic heterocycles. The molecule has 0 spiro atoms. The highest BCUT2D eigenvalue weighted by atomic mass is 32.2. The van der Waals surface area contributed by atoms with E-state index in [9.17, 15) is 4.79 Å². The molecule has 0 radical (unpaired) electrons. The number of carbonyl (C=O) groups excluding carboxylic acids is 1. The molecule has 0 saturated heterocycles. The SMILES string of the molecule is CCC(CC)(CNC(=O)CCC(C)(C)N)SC. The van der Waals surface area contributed by atoms with Gasteiger partial charge in [0.1, 0.15) is 0 Å². The van der Waals surface area contributed by atoms with E-state index in [0.717, 1.165) is 25.8 Å². The predicted octanol–water partition coefficient (Wildman–Crippen LogP) is 2.54. The summed E-state index contributed by atoms with van der Waals surface area (Å²) in [5, 5.41) is 3.03. The van der Waals surface area contributed by atoms with Gasteiger partial charge in [-0.3, -0.25) is 4.79 Å². The maximum atomic E-state index is 11.7. The molecule has 0 saturated carbocycles. The number of hydrogen-bond donors (Lipinski definition) is 2. The number of hydrogen-bond acceptors (Lipinski definition) is 3. The van der Waals surface area contributed by atoms with E-state index in [1.807, 2.05) is 25.6 Å². The van der Waals surface area contributed by atoms with Crippen LogP contribution in [0.1, 0.15) is 53.4 Å². The number of amides is 1. The number of nitrogens with two attached hydrogens (primary N) is 1. The van der Waals surface area contributed by atoms with Gasteiger partial charge in [-0.1, -0.05) is 13.8 Å². The second-order valence-corrected chi connectivity index (χ2v) is 6.63. The van der Waals surface area contributed by atoms with Crippen LogP contribution in [0.5, 0.6) is 0 Å². The van der Waals surface area contributed by atoms with Crippen molar-refractivity contribution in [3.8, 4) is 0 Å². The van der Waals surface area contributed by atoms with E-state index in [4.69, 9.17) is 5.73 Å². The molecule has 0 fully saturated rings. The van der Waals surface area contributed by atoms with Crippen LogP contribution in [0.15, 0.2) is 0 Å². The van der Waals surface area contributed by atoms with Crippen LogP contribution in [0.3, 0.4) is 0 Å². The Balaban J connectivity index is 4.06. The Morgan fingerprint density at radius 1 is 1.29 bits per heavy atom. The number of carbonyl (C=O) groups is 1. The summed E-state index contributed by atoms with van der Waals surface area (Å²) in [6, 6.07) is 0. The summed E-state index contributed by atoms with van der Waals surface area (Å²) in [5.41, 5.74) is 5.60. The Morgan fingerprint density at radius 2 is 1.82 bits per heavy atom. The molecular weight excluding hydrogens is 232 g/mol. The Morgan fingerprint density at radius 3 is 2.18 bits per heavy atom. The smallest absolute Gasteiger partial charge is 0.220 e. The molecule has 0 aromatic heterocycles. The highest BCUT2D eigenvalue weighted by molar-refractivity contribution is 8.00. The van der Waals surface area contributed by atoms with Gasteiger partial charge in [0.2, 0.25) is 5.91 Å². The molecule has 4 heteroatoms. The van der Waals surface area contributed by atoms with E-state index in [1.54, 1.807) is 0 Å². The van der Waals surface area contributed by atoms with Crippen molar-refractivity contribution in [2.75, 3.05) is 12.8 Å². The normalized spacial score (nSPS) is 12.6. The fraction of sp³-hybridized carbons (Fsp3) is 0.923. The highest BCUT2D eigenvalue weighted by Gasteiger charge is 2.25. The minimum atomic E-state index is -0.260. The lowest BCUT2D eigenvalue weighted by molar-refractivity contribution is -0.121. The summed E-state index contributed by atoms with van der Waals surface area (Å²) in [5.74, 6) is 0.115. The van der Waals surface area contributed by atoms with Gasteiger partial charge in [-0.15, -0.1) is 0 Å². The molecule has 0 bridgehead atoms. The molecule has 0 aliphatic rings. The average Bonchev–Trinajstić information content (AvgIpc) is 2.28. The maximum Gasteiger partial charge on any atom is 0.220 e. The first-order chi connectivity index (χ1) is 7.78. The van der Waals surface area contributed by atoms with Gasteiger partial charge in [0, 0.05) is 23.3 Å². The van der Waals surface area contributed by atoms with Gasteiger partial charge in [0.05, 0.1) is 0 Å². The van der Waals surface area contributed by atoms with Gasteiger partial charge >= 0.3 is 0 Å². The fourth-order valence-electron chi connectivity index (χ4n) is 1.64. The molecule has 3 nitrogen and oxygen atoms in total. The molecule has 3 N–H and O–H groups in total. The van der Waals surface area contributed by atoms with Crippen LogP contribution in [0.25, 0.3) is 0 Å². The Kier molecular flexibility index (Phi) is 7.17. The van der Waals surface area contributed by atoms with Crippen molar-refractivity contribution >= 4 is 17.7 Å². The summed E-state index contributed by atoms with van der Waals surface area (Å²) < 4.78 is 0.188. The standard InChI is InChI=1S/C13H28N2OS/c1-6-13(7-2,17-5)10-15-11(16)8-9-12(3,4)14/h6-10,14H2,1-5H3,(H,15,16).